The zero-order chi connectivity index (χ0) is 18.2. The average molecular weight is 372 g/mol. The van der Waals surface area contributed by atoms with Crippen molar-refractivity contribution in [1.82, 2.24) is 10.6 Å². The van der Waals surface area contributed by atoms with Gasteiger partial charge < -0.3 is 15.4 Å². The summed E-state index contributed by atoms with van der Waals surface area (Å²) < 4.78 is 5.61. The highest BCUT2D eigenvalue weighted by atomic mass is 35.5. The monoisotopic (exact) mass is 371 g/mol. The van der Waals surface area contributed by atoms with Crippen LogP contribution >= 0.6 is 11.6 Å². The van der Waals surface area contributed by atoms with E-state index in [1.165, 1.54) is 11.1 Å². The summed E-state index contributed by atoms with van der Waals surface area (Å²) in [6.07, 6.45) is 2.02. The molecule has 0 atom stereocenters. The standard InChI is InChI=1S/C21H26ClN3O/c1-23-20(24-15-17-7-9-19(22)10-8-17)25-16-21(11-13-26-14-12-21)18-5-3-2-4-6-18/h2-10H,11-16H2,1H3,(H2,23,24,25). The highest BCUT2D eigenvalue weighted by molar-refractivity contribution is 6.30. The smallest absolute Gasteiger partial charge is 0.191 e. The Hall–Kier alpha value is -2.04. The second kappa shape index (κ2) is 9.06. The molecule has 26 heavy (non-hydrogen) atoms. The van der Waals surface area contributed by atoms with Crippen molar-refractivity contribution < 1.29 is 4.74 Å². The Bertz CT molecular complexity index is 710. The molecule has 138 valence electrons. The van der Waals surface area contributed by atoms with Gasteiger partial charge in [-0.15, -0.1) is 0 Å². The first kappa shape index (κ1) is 18.7. The number of halogens is 1. The predicted molar refractivity (Wildman–Crippen MR) is 108 cm³/mol. The van der Waals surface area contributed by atoms with Crippen LogP contribution in [0.4, 0.5) is 0 Å². The van der Waals surface area contributed by atoms with Crippen LogP contribution in [0.25, 0.3) is 0 Å². The molecule has 0 radical (unpaired) electrons. The Balaban J connectivity index is 1.62. The van der Waals surface area contributed by atoms with Gasteiger partial charge in [-0.05, 0) is 36.1 Å². The van der Waals surface area contributed by atoms with Crippen LogP contribution in [0.1, 0.15) is 24.0 Å². The van der Waals surface area contributed by atoms with Gasteiger partial charge in [-0.2, -0.15) is 0 Å². The number of ether oxygens (including phenoxy) is 1. The van der Waals surface area contributed by atoms with E-state index in [9.17, 15) is 0 Å². The highest BCUT2D eigenvalue weighted by Gasteiger charge is 2.34. The maximum atomic E-state index is 5.94. The molecular weight excluding hydrogens is 346 g/mol. The lowest BCUT2D eigenvalue weighted by atomic mass is 9.74. The second-order valence-electron chi connectivity index (χ2n) is 6.66. The average Bonchev–Trinajstić information content (AvgIpc) is 2.71. The summed E-state index contributed by atoms with van der Waals surface area (Å²) in [4.78, 5) is 4.37. The minimum Gasteiger partial charge on any atom is -0.381 e. The fourth-order valence-corrected chi connectivity index (χ4v) is 3.51. The number of nitrogens with zero attached hydrogens (tertiary/aromatic N) is 1. The number of guanidine groups is 1. The minimum absolute atomic E-state index is 0.0808. The molecule has 1 fully saturated rings. The van der Waals surface area contributed by atoms with E-state index in [2.05, 4.69) is 46.0 Å². The van der Waals surface area contributed by atoms with E-state index in [1.807, 2.05) is 24.3 Å². The van der Waals surface area contributed by atoms with Gasteiger partial charge in [-0.1, -0.05) is 54.1 Å². The molecule has 1 aliphatic rings. The first-order valence-corrected chi connectivity index (χ1v) is 9.42. The molecule has 2 aromatic carbocycles. The molecule has 1 heterocycles. The Morgan fingerprint density at radius 3 is 2.38 bits per heavy atom. The molecule has 0 spiro atoms. The van der Waals surface area contributed by atoms with E-state index < -0.39 is 0 Å². The maximum absolute atomic E-state index is 5.94. The van der Waals surface area contributed by atoms with Gasteiger partial charge >= 0.3 is 0 Å². The molecule has 0 aliphatic carbocycles. The van der Waals surface area contributed by atoms with Gasteiger partial charge in [0.25, 0.3) is 0 Å². The molecule has 1 aliphatic heterocycles. The molecule has 0 unspecified atom stereocenters. The van der Waals surface area contributed by atoms with Crippen molar-refractivity contribution in [3.63, 3.8) is 0 Å². The first-order valence-electron chi connectivity index (χ1n) is 9.04. The van der Waals surface area contributed by atoms with Gasteiger partial charge in [0, 0.05) is 43.8 Å². The maximum Gasteiger partial charge on any atom is 0.191 e. The molecule has 4 nitrogen and oxygen atoms in total. The van der Waals surface area contributed by atoms with E-state index >= 15 is 0 Å². The van der Waals surface area contributed by atoms with Crippen molar-refractivity contribution in [3.05, 3.63) is 70.7 Å². The Labute approximate surface area is 160 Å². The largest absolute Gasteiger partial charge is 0.381 e. The lowest BCUT2D eigenvalue weighted by Gasteiger charge is -2.38. The molecule has 0 bridgehead atoms. The summed E-state index contributed by atoms with van der Waals surface area (Å²) in [6, 6.07) is 18.6. The van der Waals surface area contributed by atoms with Crippen molar-refractivity contribution in [2.75, 3.05) is 26.8 Å². The van der Waals surface area contributed by atoms with Crippen molar-refractivity contribution in [2.45, 2.75) is 24.8 Å². The van der Waals surface area contributed by atoms with E-state index in [0.29, 0.717) is 6.54 Å². The van der Waals surface area contributed by atoms with Gasteiger partial charge in [0.05, 0.1) is 0 Å². The van der Waals surface area contributed by atoms with Crippen LogP contribution in [0.3, 0.4) is 0 Å². The van der Waals surface area contributed by atoms with Crippen molar-refractivity contribution in [2.24, 2.45) is 4.99 Å². The fourth-order valence-electron chi connectivity index (χ4n) is 3.38. The number of hydrogen-bond acceptors (Lipinski definition) is 2. The van der Waals surface area contributed by atoms with Crippen LogP contribution in [0.15, 0.2) is 59.6 Å². The summed E-state index contributed by atoms with van der Waals surface area (Å²) in [5, 5.41) is 7.65. The van der Waals surface area contributed by atoms with Crippen LogP contribution in [0, 0.1) is 0 Å². The lowest BCUT2D eigenvalue weighted by molar-refractivity contribution is 0.0514. The van der Waals surface area contributed by atoms with Gasteiger partial charge in [-0.25, -0.2) is 0 Å². The van der Waals surface area contributed by atoms with E-state index in [1.54, 1.807) is 7.05 Å². The third kappa shape index (κ3) is 4.77. The Morgan fingerprint density at radius 1 is 1.04 bits per heavy atom. The zero-order valence-electron chi connectivity index (χ0n) is 15.2. The summed E-state index contributed by atoms with van der Waals surface area (Å²) in [6.45, 7) is 3.14. The number of aliphatic imine (C=N–C) groups is 1. The first-order chi connectivity index (χ1) is 12.7. The summed E-state index contributed by atoms with van der Waals surface area (Å²) >= 11 is 5.94. The molecule has 0 saturated carbocycles. The van der Waals surface area contributed by atoms with Crippen LogP contribution in [-0.4, -0.2) is 32.8 Å². The van der Waals surface area contributed by atoms with Crippen molar-refractivity contribution in [3.8, 4) is 0 Å². The summed E-state index contributed by atoms with van der Waals surface area (Å²) in [5.41, 5.74) is 2.61. The number of hydrogen-bond donors (Lipinski definition) is 2. The molecular formula is C21H26ClN3O. The second-order valence-corrected chi connectivity index (χ2v) is 7.10. The fraction of sp³-hybridized carbons (Fsp3) is 0.381. The normalized spacial score (nSPS) is 16.9. The molecule has 5 heteroatoms. The SMILES string of the molecule is CN=C(NCc1ccc(Cl)cc1)NCC1(c2ccccc2)CCOCC1. The van der Waals surface area contributed by atoms with Gasteiger partial charge in [0.2, 0.25) is 0 Å². The number of benzene rings is 2. The molecule has 0 amide bonds. The van der Waals surface area contributed by atoms with E-state index in [0.717, 1.165) is 43.6 Å². The third-order valence-electron chi connectivity index (χ3n) is 5.03. The van der Waals surface area contributed by atoms with Gasteiger partial charge in [0.15, 0.2) is 5.96 Å². The Kier molecular flexibility index (Phi) is 6.53. The van der Waals surface area contributed by atoms with Crippen LogP contribution < -0.4 is 10.6 Å². The van der Waals surface area contributed by atoms with Crippen molar-refractivity contribution >= 4 is 17.6 Å². The molecule has 3 rings (SSSR count). The van der Waals surface area contributed by atoms with E-state index in [4.69, 9.17) is 16.3 Å². The molecule has 2 aromatic rings. The topological polar surface area (TPSA) is 45.7 Å². The van der Waals surface area contributed by atoms with E-state index in [-0.39, 0.29) is 5.41 Å². The lowest BCUT2D eigenvalue weighted by Crippen LogP contribution is -2.47. The molecule has 0 aromatic heterocycles. The molecule has 1 saturated heterocycles. The van der Waals surface area contributed by atoms with Crippen LogP contribution in [0.2, 0.25) is 5.02 Å². The molecule has 2 N–H and O–H groups in total. The predicted octanol–water partition coefficient (Wildman–Crippen LogP) is 3.75. The van der Waals surface area contributed by atoms with Crippen molar-refractivity contribution in [1.29, 1.82) is 0 Å². The number of nitrogens with one attached hydrogen (secondary N) is 2. The quantitative estimate of drug-likeness (QED) is 0.621. The Morgan fingerprint density at radius 2 is 1.73 bits per heavy atom. The van der Waals surface area contributed by atoms with Gasteiger partial charge in [-0.3, -0.25) is 4.99 Å². The number of rotatable bonds is 5. The van der Waals surface area contributed by atoms with Crippen LogP contribution in [0.5, 0.6) is 0 Å². The van der Waals surface area contributed by atoms with Crippen LogP contribution in [-0.2, 0) is 16.7 Å². The summed E-state index contributed by atoms with van der Waals surface area (Å²) in [5.74, 6) is 0.807. The van der Waals surface area contributed by atoms with Gasteiger partial charge in [0.1, 0.15) is 0 Å². The summed E-state index contributed by atoms with van der Waals surface area (Å²) in [7, 11) is 1.80. The third-order valence-corrected chi connectivity index (χ3v) is 5.28. The minimum atomic E-state index is 0.0808. The highest BCUT2D eigenvalue weighted by Crippen LogP contribution is 2.34. The zero-order valence-corrected chi connectivity index (χ0v) is 15.9.